The maximum absolute atomic E-state index is 10.7. The van der Waals surface area contributed by atoms with E-state index in [1.165, 1.54) is 11.3 Å². The first kappa shape index (κ1) is 9.61. The lowest BCUT2D eigenvalue weighted by atomic mass is 10.1. The molecule has 1 aliphatic rings. The minimum Gasteiger partial charge on any atom is -0.476 e. The highest BCUT2D eigenvalue weighted by Gasteiger charge is 2.28. The second kappa shape index (κ2) is 3.03. The van der Waals surface area contributed by atoms with Crippen molar-refractivity contribution in [1.29, 1.82) is 0 Å². The van der Waals surface area contributed by atoms with Crippen molar-refractivity contribution in [3.8, 4) is 0 Å². The van der Waals surface area contributed by atoms with Crippen LogP contribution in [-0.4, -0.2) is 41.2 Å². The average molecular weight is 213 g/mol. The standard InChI is InChI=1S/C9H12N2O2S/c1-11(2)4-3-6-7(5-11)14-8(10-6)9(12)13/h3-5H2,1-2H3/p+1. The molecule has 1 aromatic rings. The van der Waals surface area contributed by atoms with Crippen LogP contribution in [0.2, 0.25) is 0 Å². The van der Waals surface area contributed by atoms with Gasteiger partial charge in [-0.2, -0.15) is 0 Å². The molecule has 0 saturated carbocycles. The third-order valence-corrected chi connectivity index (χ3v) is 3.56. The van der Waals surface area contributed by atoms with Crippen LogP contribution >= 0.6 is 11.3 Å². The van der Waals surface area contributed by atoms with Crippen LogP contribution in [0.5, 0.6) is 0 Å². The molecule has 0 aromatic carbocycles. The SMILES string of the molecule is C[N+]1(C)CCc2nc(C(=O)O)sc2C1. The van der Waals surface area contributed by atoms with Gasteiger partial charge in [0, 0.05) is 6.42 Å². The Morgan fingerprint density at radius 3 is 2.93 bits per heavy atom. The fourth-order valence-electron chi connectivity index (χ4n) is 1.67. The number of nitrogens with zero attached hydrogens (tertiary/aromatic N) is 2. The van der Waals surface area contributed by atoms with Crippen LogP contribution in [0.4, 0.5) is 0 Å². The first-order valence-corrected chi connectivity index (χ1v) is 5.33. The van der Waals surface area contributed by atoms with E-state index >= 15 is 0 Å². The monoisotopic (exact) mass is 213 g/mol. The maximum Gasteiger partial charge on any atom is 0.365 e. The summed E-state index contributed by atoms with van der Waals surface area (Å²) in [6.45, 7) is 1.94. The van der Waals surface area contributed by atoms with Gasteiger partial charge in [0.05, 0.1) is 31.2 Å². The zero-order chi connectivity index (χ0) is 10.3. The van der Waals surface area contributed by atoms with Crippen molar-refractivity contribution in [3.63, 3.8) is 0 Å². The Kier molecular flexibility index (Phi) is 2.08. The van der Waals surface area contributed by atoms with Gasteiger partial charge in [0.2, 0.25) is 5.01 Å². The molecule has 0 unspecified atom stereocenters. The van der Waals surface area contributed by atoms with Gasteiger partial charge in [-0.15, -0.1) is 11.3 Å². The summed E-state index contributed by atoms with van der Waals surface area (Å²) in [6.07, 6.45) is 0.895. The van der Waals surface area contributed by atoms with Crippen LogP contribution in [-0.2, 0) is 13.0 Å². The molecule has 2 rings (SSSR count). The van der Waals surface area contributed by atoms with Crippen molar-refractivity contribution in [2.75, 3.05) is 20.6 Å². The lowest BCUT2D eigenvalue weighted by Gasteiger charge is -2.32. The molecule has 0 bridgehead atoms. The summed E-state index contributed by atoms with van der Waals surface area (Å²) in [5.41, 5.74) is 0.991. The Bertz CT molecular complexity index is 384. The van der Waals surface area contributed by atoms with Crippen molar-refractivity contribution in [2.24, 2.45) is 0 Å². The third-order valence-electron chi connectivity index (χ3n) is 2.49. The Labute approximate surface area is 86.4 Å². The van der Waals surface area contributed by atoms with Crippen LogP contribution in [0, 0.1) is 0 Å². The fraction of sp³-hybridized carbons (Fsp3) is 0.556. The van der Waals surface area contributed by atoms with E-state index in [0.29, 0.717) is 0 Å². The van der Waals surface area contributed by atoms with E-state index in [4.69, 9.17) is 5.11 Å². The molecule has 1 aliphatic heterocycles. The molecule has 0 fully saturated rings. The van der Waals surface area contributed by atoms with Crippen molar-refractivity contribution in [3.05, 3.63) is 15.6 Å². The second-order valence-corrected chi connectivity index (χ2v) is 5.35. The van der Waals surface area contributed by atoms with Crippen LogP contribution in [0.3, 0.4) is 0 Å². The zero-order valence-electron chi connectivity index (χ0n) is 8.28. The van der Waals surface area contributed by atoms with Gasteiger partial charge in [0.15, 0.2) is 0 Å². The Hall–Kier alpha value is -0.940. The first-order chi connectivity index (χ1) is 6.48. The largest absolute Gasteiger partial charge is 0.476 e. The van der Waals surface area contributed by atoms with E-state index in [-0.39, 0.29) is 5.01 Å². The number of carboxylic acid groups (broad SMARTS) is 1. The van der Waals surface area contributed by atoms with Gasteiger partial charge < -0.3 is 9.59 Å². The van der Waals surface area contributed by atoms with Gasteiger partial charge in [0.1, 0.15) is 6.54 Å². The summed E-state index contributed by atoms with van der Waals surface area (Å²) < 4.78 is 0.925. The van der Waals surface area contributed by atoms with Crippen LogP contribution in [0.1, 0.15) is 20.4 Å². The normalized spacial score (nSPS) is 19.0. The molecule has 14 heavy (non-hydrogen) atoms. The van der Waals surface area contributed by atoms with E-state index in [0.717, 1.165) is 34.6 Å². The Morgan fingerprint density at radius 1 is 1.57 bits per heavy atom. The molecule has 1 N–H and O–H groups in total. The molecule has 76 valence electrons. The van der Waals surface area contributed by atoms with Crippen LogP contribution < -0.4 is 0 Å². The van der Waals surface area contributed by atoms with Gasteiger partial charge >= 0.3 is 5.97 Å². The van der Waals surface area contributed by atoms with Crippen LogP contribution in [0.25, 0.3) is 0 Å². The summed E-state index contributed by atoms with van der Waals surface area (Å²) in [7, 11) is 4.31. The van der Waals surface area contributed by atoms with Crippen molar-refractivity contribution < 1.29 is 14.4 Å². The number of hydrogen-bond acceptors (Lipinski definition) is 3. The Morgan fingerprint density at radius 2 is 2.29 bits per heavy atom. The average Bonchev–Trinajstić information content (AvgIpc) is 2.45. The Balaban J connectivity index is 2.34. The quantitative estimate of drug-likeness (QED) is 0.707. The number of aromatic nitrogens is 1. The molecular weight excluding hydrogens is 200 g/mol. The summed E-state index contributed by atoms with van der Waals surface area (Å²) in [5, 5.41) is 9.04. The number of carboxylic acids is 1. The number of carbonyl (C=O) groups is 1. The highest BCUT2D eigenvalue weighted by Crippen LogP contribution is 2.27. The zero-order valence-corrected chi connectivity index (χ0v) is 9.10. The van der Waals surface area contributed by atoms with E-state index in [2.05, 4.69) is 19.1 Å². The predicted octanol–water partition coefficient (Wildman–Crippen LogP) is 0.974. The molecule has 4 nitrogen and oxygen atoms in total. The summed E-state index contributed by atoms with van der Waals surface area (Å²) in [4.78, 5) is 16.0. The second-order valence-electron chi connectivity index (χ2n) is 4.26. The number of likely N-dealkylation sites (N-methyl/N-ethyl adjacent to an activating group) is 1. The van der Waals surface area contributed by atoms with Gasteiger partial charge in [0.25, 0.3) is 0 Å². The number of thiazole rings is 1. The predicted molar refractivity (Wildman–Crippen MR) is 53.5 cm³/mol. The number of hydrogen-bond donors (Lipinski definition) is 1. The van der Waals surface area contributed by atoms with E-state index in [1.807, 2.05) is 0 Å². The summed E-state index contributed by atoms with van der Waals surface area (Å²) >= 11 is 1.32. The molecular formula is C9H13N2O2S+. The molecule has 0 spiro atoms. The topological polar surface area (TPSA) is 50.2 Å². The van der Waals surface area contributed by atoms with E-state index < -0.39 is 5.97 Å². The number of aromatic carboxylic acids is 1. The van der Waals surface area contributed by atoms with Crippen molar-refractivity contribution in [1.82, 2.24) is 4.98 Å². The van der Waals surface area contributed by atoms with Gasteiger partial charge in [-0.05, 0) is 0 Å². The number of rotatable bonds is 1. The molecule has 0 saturated heterocycles. The molecule has 0 amide bonds. The van der Waals surface area contributed by atoms with Gasteiger partial charge in [-0.25, -0.2) is 9.78 Å². The van der Waals surface area contributed by atoms with Crippen LogP contribution in [0.15, 0.2) is 0 Å². The molecule has 1 aromatic heterocycles. The van der Waals surface area contributed by atoms with Gasteiger partial charge in [-0.3, -0.25) is 0 Å². The minimum atomic E-state index is -0.908. The van der Waals surface area contributed by atoms with Crippen molar-refractivity contribution >= 4 is 17.3 Å². The summed E-state index contributed by atoms with van der Waals surface area (Å²) in [5.74, 6) is -0.908. The smallest absolute Gasteiger partial charge is 0.365 e. The number of fused-ring (bicyclic) bond motifs is 1. The first-order valence-electron chi connectivity index (χ1n) is 4.52. The highest BCUT2D eigenvalue weighted by atomic mass is 32.1. The fourth-order valence-corrected chi connectivity index (χ4v) is 2.83. The summed E-state index contributed by atoms with van der Waals surface area (Å²) in [6, 6.07) is 0. The van der Waals surface area contributed by atoms with E-state index in [9.17, 15) is 4.79 Å². The third kappa shape index (κ3) is 1.65. The lowest BCUT2D eigenvalue weighted by molar-refractivity contribution is -0.905. The highest BCUT2D eigenvalue weighted by molar-refractivity contribution is 7.13. The number of quaternary nitrogens is 1. The molecule has 5 heteroatoms. The van der Waals surface area contributed by atoms with Gasteiger partial charge in [-0.1, -0.05) is 0 Å². The van der Waals surface area contributed by atoms with E-state index in [1.54, 1.807) is 0 Å². The minimum absolute atomic E-state index is 0.233. The molecule has 0 aliphatic carbocycles. The molecule has 0 atom stereocenters. The maximum atomic E-state index is 10.7. The molecule has 0 radical (unpaired) electrons. The lowest BCUT2D eigenvalue weighted by Crippen LogP contribution is -2.43. The van der Waals surface area contributed by atoms with Crippen molar-refractivity contribution in [2.45, 2.75) is 13.0 Å². The molecule has 2 heterocycles.